The molecule has 1 fully saturated rings. The number of benzene rings is 1. The van der Waals surface area contributed by atoms with Crippen molar-refractivity contribution in [1.29, 1.82) is 0 Å². The molecule has 0 aromatic heterocycles. The molecular formula is C17H19F2NO4S. The summed E-state index contributed by atoms with van der Waals surface area (Å²) in [5, 5.41) is -0.292. The van der Waals surface area contributed by atoms with E-state index in [0.717, 1.165) is 30.1 Å². The lowest BCUT2D eigenvalue weighted by atomic mass is 9.94. The number of carbonyl (C=O) groups is 1. The van der Waals surface area contributed by atoms with E-state index in [1.807, 2.05) is 0 Å². The molecule has 5 nitrogen and oxygen atoms in total. The summed E-state index contributed by atoms with van der Waals surface area (Å²) >= 11 is 1.14. The molecule has 0 amide bonds. The second kappa shape index (κ2) is 7.72. The molecule has 1 aromatic carbocycles. The predicted octanol–water partition coefficient (Wildman–Crippen LogP) is 3.42. The molecule has 8 heteroatoms. The number of nitrogens with one attached hydrogen (secondary N) is 1. The third-order valence-corrected chi connectivity index (χ3v) is 5.12. The van der Waals surface area contributed by atoms with Crippen LogP contribution in [0.15, 0.2) is 29.8 Å². The van der Waals surface area contributed by atoms with Crippen LogP contribution in [0.1, 0.15) is 19.8 Å². The molecule has 1 aromatic rings. The summed E-state index contributed by atoms with van der Waals surface area (Å²) in [6.45, 7) is 2.91. The molecular weight excluding hydrogens is 352 g/mol. The van der Waals surface area contributed by atoms with Crippen LogP contribution in [0.3, 0.4) is 0 Å². The average molecular weight is 371 g/mol. The topological polar surface area (TPSA) is 56.8 Å². The fourth-order valence-corrected chi connectivity index (χ4v) is 3.78. The van der Waals surface area contributed by atoms with Crippen molar-refractivity contribution >= 4 is 23.6 Å². The van der Waals surface area contributed by atoms with Crippen LogP contribution in [0.5, 0.6) is 0 Å². The van der Waals surface area contributed by atoms with Gasteiger partial charge >= 0.3 is 5.97 Å². The van der Waals surface area contributed by atoms with Crippen molar-refractivity contribution in [3.05, 3.63) is 41.5 Å². The Kier molecular flexibility index (Phi) is 5.61. The molecule has 0 saturated carbocycles. The Labute approximate surface area is 148 Å². The smallest absolute Gasteiger partial charge is 0.335 e. The highest BCUT2D eigenvalue weighted by Gasteiger charge is 2.42. The predicted molar refractivity (Wildman–Crippen MR) is 89.9 cm³/mol. The maximum Gasteiger partial charge on any atom is 0.335 e. The van der Waals surface area contributed by atoms with Crippen molar-refractivity contribution in [1.82, 2.24) is 0 Å². The Bertz CT molecular complexity index is 677. The second-order valence-corrected chi connectivity index (χ2v) is 6.71. The quantitative estimate of drug-likeness (QED) is 0.632. The van der Waals surface area contributed by atoms with E-state index in [2.05, 4.69) is 4.72 Å². The molecule has 2 aliphatic rings. The van der Waals surface area contributed by atoms with Gasteiger partial charge in [0.1, 0.15) is 11.6 Å². The number of hydrogen-bond acceptors (Lipinski definition) is 6. The molecule has 1 atom stereocenters. The van der Waals surface area contributed by atoms with E-state index >= 15 is 0 Å². The summed E-state index contributed by atoms with van der Waals surface area (Å²) in [6, 6.07) is 3.17. The van der Waals surface area contributed by atoms with Crippen LogP contribution in [0, 0.1) is 11.6 Å². The van der Waals surface area contributed by atoms with Crippen molar-refractivity contribution < 1.29 is 27.8 Å². The maximum absolute atomic E-state index is 13.8. The summed E-state index contributed by atoms with van der Waals surface area (Å²) in [4.78, 5) is 12.3. The number of rotatable bonds is 5. The first-order valence-electron chi connectivity index (χ1n) is 8.07. The summed E-state index contributed by atoms with van der Waals surface area (Å²) in [6.07, 6.45) is 2.79. The Morgan fingerprint density at radius 3 is 2.88 bits per heavy atom. The minimum atomic E-state index is -0.886. The first-order chi connectivity index (χ1) is 12.0. The number of halogens is 2. The monoisotopic (exact) mass is 371 g/mol. The van der Waals surface area contributed by atoms with Crippen LogP contribution in [-0.2, 0) is 19.0 Å². The van der Waals surface area contributed by atoms with Crippen LogP contribution in [0.25, 0.3) is 0 Å². The zero-order valence-electron chi connectivity index (χ0n) is 13.7. The van der Waals surface area contributed by atoms with E-state index in [9.17, 15) is 13.6 Å². The van der Waals surface area contributed by atoms with Crippen molar-refractivity contribution in [2.24, 2.45) is 0 Å². The van der Waals surface area contributed by atoms with Crippen molar-refractivity contribution in [3.63, 3.8) is 0 Å². The van der Waals surface area contributed by atoms with Gasteiger partial charge in [0.2, 0.25) is 0 Å². The molecule has 1 aliphatic carbocycles. The van der Waals surface area contributed by atoms with Gasteiger partial charge in [0.05, 0.1) is 36.3 Å². The van der Waals surface area contributed by atoms with Crippen molar-refractivity contribution in [2.45, 2.75) is 30.8 Å². The highest BCUT2D eigenvalue weighted by molar-refractivity contribution is 8.01. The Hall–Kier alpha value is -1.64. The largest absolute Gasteiger partial charge is 0.463 e. The number of hydrogen-bond donors (Lipinski definition) is 1. The number of esters is 1. The van der Waals surface area contributed by atoms with Crippen LogP contribution in [-0.4, -0.2) is 36.8 Å². The van der Waals surface area contributed by atoms with E-state index in [0.29, 0.717) is 31.6 Å². The average Bonchev–Trinajstić information content (AvgIpc) is 3.05. The molecule has 0 radical (unpaired) electrons. The number of ether oxygens (including phenoxy) is 3. The first-order valence-corrected chi connectivity index (χ1v) is 8.95. The summed E-state index contributed by atoms with van der Waals surface area (Å²) < 4.78 is 46.2. The van der Waals surface area contributed by atoms with Gasteiger partial charge in [-0.25, -0.2) is 13.6 Å². The van der Waals surface area contributed by atoms with Crippen LogP contribution in [0.4, 0.5) is 14.5 Å². The Balaban J connectivity index is 1.77. The minimum Gasteiger partial charge on any atom is -0.463 e. The molecule has 0 bridgehead atoms. The third kappa shape index (κ3) is 4.13. The zero-order valence-corrected chi connectivity index (χ0v) is 14.5. The third-order valence-electron chi connectivity index (χ3n) is 4.00. The minimum absolute atomic E-state index is 0.0295. The Morgan fingerprint density at radius 2 is 2.16 bits per heavy atom. The summed E-state index contributed by atoms with van der Waals surface area (Å²) in [7, 11) is 0. The highest BCUT2D eigenvalue weighted by Crippen LogP contribution is 2.39. The fourth-order valence-electron chi connectivity index (χ4n) is 2.83. The SMILES string of the molecule is CCOC(=O)C1=CC2(CCC1SNc1cc(F)ccc1F)OCCO2. The number of anilines is 1. The molecule has 1 spiro atoms. The number of carbonyl (C=O) groups excluding carboxylic acids is 1. The molecule has 1 aliphatic heterocycles. The van der Waals surface area contributed by atoms with Crippen molar-refractivity contribution in [3.8, 4) is 0 Å². The van der Waals surface area contributed by atoms with Crippen LogP contribution in [0.2, 0.25) is 0 Å². The van der Waals surface area contributed by atoms with Gasteiger partial charge in [-0.3, -0.25) is 0 Å². The van der Waals surface area contributed by atoms with E-state index < -0.39 is 23.4 Å². The van der Waals surface area contributed by atoms with Crippen LogP contribution < -0.4 is 4.72 Å². The maximum atomic E-state index is 13.8. The lowest BCUT2D eigenvalue weighted by Gasteiger charge is -2.33. The zero-order chi connectivity index (χ0) is 17.9. The summed E-state index contributed by atoms with van der Waals surface area (Å²) in [5.74, 6) is -2.45. The molecule has 1 saturated heterocycles. The van der Waals surface area contributed by atoms with Crippen LogP contribution >= 0.6 is 11.9 Å². The van der Waals surface area contributed by atoms with Gasteiger partial charge in [0, 0.05) is 12.5 Å². The molecule has 1 unspecified atom stereocenters. The second-order valence-electron chi connectivity index (χ2n) is 5.70. The molecule has 1 heterocycles. The molecule has 25 heavy (non-hydrogen) atoms. The van der Waals surface area contributed by atoms with Gasteiger partial charge < -0.3 is 18.9 Å². The van der Waals surface area contributed by atoms with Gasteiger partial charge in [-0.05, 0) is 43.5 Å². The van der Waals surface area contributed by atoms with E-state index in [-0.39, 0.29) is 17.5 Å². The van der Waals surface area contributed by atoms with Crippen molar-refractivity contribution in [2.75, 3.05) is 24.5 Å². The van der Waals surface area contributed by atoms with E-state index in [4.69, 9.17) is 14.2 Å². The fraction of sp³-hybridized carbons (Fsp3) is 0.471. The van der Waals surface area contributed by atoms with Gasteiger partial charge in [-0.1, -0.05) is 0 Å². The molecule has 3 rings (SSSR count). The Morgan fingerprint density at radius 1 is 1.40 bits per heavy atom. The lowest BCUT2D eigenvalue weighted by Crippen LogP contribution is -2.36. The first kappa shape index (κ1) is 18.2. The molecule has 1 N–H and O–H groups in total. The standard InChI is InChI=1S/C17H19F2NO4S/c1-2-22-16(21)12-10-17(23-7-8-24-17)6-5-15(12)25-20-14-9-11(18)3-4-13(14)19/h3-4,9-10,15,20H,2,5-8H2,1H3. The van der Waals surface area contributed by atoms with Gasteiger partial charge in [-0.2, -0.15) is 0 Å². The normalized spacial score (nSPS) is 21.9. The van der Waals surface area contributed by atoms with E-state index in [1.165, 1.54) is 0 Å². The summed E-state index contributed by atoms with van der Waals surface area (Å²) in [5.41, 5.74) is 0.436. The highest BCUT2D eigenvalue weighted by atomic mass is 32.2. The van der Waals surface area contributed by atoms with Gasteiger partial charge in [-0.15, -0.1) is 0 Å². The van der Waals surface area contributed by atoms with Gasteiger partial charge in [0.15, 0.2) is 5.79 Å². The van der Waals surface area contributed by atoms with Gasteiger partial charge in [0.25, 0.3) is 0 Å². The lowest BCUT2D eigenvalue weighted by molar-refractivity contribution is -0.142. The molecule has 136 valence electrons. The van der Waals surface area contributed by atoms with E-state index in [1.54, 1.807) is 13.0 Å².